The molecule has 7 nitrogen and oxygen atoms in total. The van der Waals surface area contributed by atoms with Crippen molar-refractivity contribution in [1.82, 2.24) is 9.88 Å². The number of carboxylic acids is 1. The Bertz CT molecular complexity index is 1180. The number of nitrogens with zero attached hydrogens (tertiary/aromatic N) is 2. The first-order chi connectivity index (χ1) is 13.4. The number of rotatable bonds is 2. The molecule has 3 aromatic rings. The van der Waals surface area contributed by atoms with Crippen LogP contribution >= 0.6 is 0 Å². The van der Waals surface area contributed by atoms with Gasteiger partial charge in [-0.05, 0) is 42.7 Å². The van der Waals surface area contributed by atoms with Gasteiger partial charge >= 0.3 is 6.03 Å². The Morgan fingerprint density at radius 3 is 2.71 bits per heavy atom. The van der Waals surface area contributed by atoms with Gasteiger partial charge in [0.25, 0.3) is 5.91 Å². The van der Waals surface area contributed by atoms with Gasteiger partial charge in [0.05, 0.1) is 17.4 Å². The second-order valence-corrected chi connectivity index (χ2v) is 7.26. The number of para-hydroxylation sites is 1. The SMILES string of the molecule is C[C@@]12C(=O)N(c3cccc(C(=O)[O-])c3)C(=O)N1CCc1c2[nH]c2ccccc12. The largest absolute Gasteiger partial charge is 0.545 e. The van der Waals surface area contributed by atoms with E-state index in [9.17, 15) is 19.5 Å². The Hall–Kier alpha value is -3.61. The summed E-state index contributed by atoms with van der Waals surface area (Å²) in [5, 5.41) is 12.2. The molecule has 1 saturated heterocycles. The number of carboxylic acid groups (broad SMARTS) is 1. The van der Waals surface area contributed by atoms with Crippen molar-refractivity contribution < 1.29 is 19.5 Å². The topological polar surface area (TPSA) is 96.5 Å². The first-order valence-corrected chi connectivity index (χ1v) is 9.00. The molecule has 1 aromatic heterocycles. The summed E-state index contributed by atoms with van der Waals surface area (Å²) in [5.74, 6) is -1.76. The number of aromatic amines is 1. The minimum absolute atomic E-state index is 0.0839. The van der Waals surface area contributed by atoms with Crippen LogP contribution in [-0.4, -0.2) is 34.3 Å². The van der Waals surface area contributed by atoms with Crippen LogP contribution in [0.15, 0.2) is 48.5 Å². The standard InChI is InChI=1S/C21H17N3O4/c1-21-17-15(14-7-2-3-8-16(14)22-17)9-10-23(21)20(28)24(19(21)27)13-6-4-5-12(11-13)18(25)26/h2-8,11,22H,9-10H2,1H3,(H,25,26)/p-1/t21-/m1/s1. The minimum atomic E-state index is -1.36. The molecule has 2 aromatic carbocycles. The maximum atomic E-state index is 13.5. The molecule has 7 heteroatoms. The lowest BCUT2D eigenvalue weighted by Crippen LogP contribution is -2.49. The minimum Gasteiger partial charge on any atom is -0.545 e. The van der Waals surface area contributed by atoms with Gasteiger partial charge in [-0.25, -0.2) is 9.69 Å². The van der Waals surface area contributed by atoms with Crippen molar-refractivity contribution in [3.63, 3.8) is 0 Å². The Balaban J connectivity index is 1.67. The molecule has 2 aliphatic heterocycles. The van der Waals surface area contributed by atoms with Gasteiger partial charge in [-0.15, -0.1) is 0 Å². The zero-order valence-corrected chi connectivity index (χ0v) is 15.1. The van der Waals surface area contributed by atoms with Crippen molar-refractivity contribution >= 4 is 34.5 Å². The number of imide groups is 1. The third kappa shape index (κ3) is 1.95. The monoisotopic (exact) mass is 374 g/mol. The van der Waals surface area contributed by atoms with E-state index >= 15 is 0 Å². The number of H-pyrrole nitrogens is 1. The summed E-state index contributed by atoms with van der Waals surface area (Å²) >= 11 is 0. The van der Waals surface area contributed by atoms with E-state index in [1.54, 1.807) is 17.9 Å². The van der Waals surface area contributed by atoms with Crippen LogP contribution in [0.5, 0.6) is 0 Å². The van der Waals surface area contributed by atoms with Crippen molar-refractivity contribution in [2.45, 2.75) is 18.9 Å². The number of benzene rings is 2. The predicted octanol–water partition coefficient (Wildman–Crippen LogP) is 1.77. The third-order valence-electron chi connectivity index (χ3n) is 5.81. The van der Waals surface area contributed by atoms with Crippen molar-refractivity contribution in [2.24, 2.45) is 0 Å². The van der Waals surface area contributed by atoms with Crippen LogP contribution in [0.1, 0.15) is 28.5 Å². The maximum absolute atomic E-state index is 13.5. The fourth-order valence-corrected chi connectivity index (χ4v) is 4.39. The molecule has 3 amide bonds. The molecule has 5 rings (SSSR count). The van der Waals surface area contributed by atoms with Crippen molar-refractivity contribution in [2.75, 3.05) is 11.4 Å². The highest BCUT2D eigenvalue weighted by atomic mass is 16.4. The molecule has 1 N–H and O–H groups in total. The lowest BCUT2D eigenvalue weighted by atomic mass is 9.87. The molecule has 0 aliphatic carbocycles. The number of nitrogens with one attached hydrogen (secondary N) is 1. The summed E-state index contributed by atoms with van der Waals surface area (Å²) in [7, 11) is 0. The fraction of sp³-hybridized carbons (Fsp3) is 0.190. The highest BCUT2D eigenvalue weighted by Gasteiger charge is 2.58. The second-order valence-electron chi connectivity index (χ2n) is 7.26. The Morgan fingerprint density at radius 2 is 1.93 bits per heavy atom. The quantitative estimate of drug-likeness (QED) is 0.692. The van der Waals surface area contributed by atoms with Gasteiger partial charge in [0.15, 0.2) is 5.54 Å². The van der Waals surface area contributed by atoms with Gasteiger partial charge in [0.1, 0.15) is 0 Å². The molecule has 28 heavy (non-hydrogen) atoms. The fourth-order valence-electron chi connectivity index (χ4n) is 4.39. The molecule has 0 spiro atoms. The number of carbonyl (C=O) groups is 3. The van der Waals surface area contributed by atoms with Gasteiger partial charge in [-0.3, -0.25) is 4.79 Å². The van der Waals surface area contributed by atoms with Crippen LogP contribution in [0.2, 0.25) is 0 Å². The van der Waals surface area contributed by atoms with E-state index in [1.165, 1.54) is 18.2 Å². The average Bonchev–Trinajstić information content (AvgIpc) is 3.16. The molecule has 3 heterocycles. The highest BCUT2D eigenvalue weighted by Crippen LogP contribution is 2.45. The molecular formula is C21H16N3O4-. The summed E-state index contributed by atoms with van der Waals surface area (Å²) in [6.07, 6.45) is 0.640. The normalized spacial score (nSPS) is 21.2. The van der Waals surface area contributed by atoms with Gasteiger partial charge < -0.3 is 19.8 Å². The zero-order valence-electron chi connectivity index (χ0n) is 15.1. The van der Waals surface area contributed by atoms with E-state index in [2.05, 4.69) is 4.98 Å². The number of aromatic nitrogens is 1. The van der Waals surface area contributed by atoms with Crippen LogP contribution in [0.3, 0.4) is 0 Å². The maximum Gasteiger partial charge on any atom is 0.332 e. The molecule has 0 radical (unpaired) electrons. The molecular weight excluding hydrogens is 358 g/mol. The molecule has 0 unspecified atom stereocenters. The average molecular weight is 374 g/mol. The van der Waals surface area contributed by atoms with Gasteiger partial charge in [0, 0.05) is 17.4 Å². The number of urea groups is 1. The lowest BCUT2D eigenvalue weighted by Gasteiger charge is -2.35. The van der Waals surface area contributed by atoms with Crippen LogP contribution in [0.25, 0.3) is 10.9 Å². The number of hydrogen-bond donors (Lipinski definition) is 1. The summed E-state index contributed by atoms with van der Waals surface area (Å²) in [6.45, 7) is 2.15. The third-order valence-corrected chi connectivity index (χ3v) is 5.81. The highest BCUT2D eigenvalue weighted by molar-refractivity contribution is 6.23. The first kappa shape index (κ1) is 16.6. The van der Waals surface area contributed by atoms with Crippen LogP contribution < -0.4 is 10.0 Å². The first-order valence-electron chi connectivity index (χ1n) is 9.00. The van der Waals surface area contributed by atoms with Crippen molar-refractivity contribution in [1.29, 1.82) is 0 Å². The molecule has 2 aliphatic rings. The summed E-state index contributed by atoms with van der Waals surface area (Å²) in [4.78, 5) is 43.7. The van der Waals surface area contributed by atoms with Crippen molar-refractivity contribution in [3.8, 4) is 0 Å². The van der Waals surface area contributed by atoms with Gasteiger partial charge in [0.2, 0.25) is 0 Å². The van der Waals surface area contributed by atoms with E-state index < -0.39 is 23.4 Å². The zero-order chi connectivity index (χ0) is 19.6. The number of amides is 3. The van der Waals surface area contributed by atoms with Gasteiger partial charge in [-0.2, -0.15) is 0 Å². The van der Waals surface area contributed by atoms with Crippen molar-refractivity contribution in [3.05, 3.63) is 65.4 Å². The van der Waals surface area contributed by atoms with Crippen LogP contribution in [0, 0.1) is 0 Å². The predicted molar refractivity (Wildman–Crippen MR) is 99.7 cm³/mol. The number of fused-ring (bicyclic) bond motifs is 5. The smallest absolute Gasteiger partial charge is 0.332 e. The van der Waals surface area contributed by atoms with E-state index in [0.717, 1.165) is 27.1 Å². The number of hydrogen-bond acceptors (Lipinski definition) is 4. The number of anilines is 1. The number of aromatic carboxylic acids is 1. The summed E-state index contributed by atoms with van der Waals surface area (Å²) < 4.78 is 0. The molecule has 0 bridgehead atoms. The molecule has 1 fully saturated rings. The summed E-state index contributed by atoms with van der Waals surface area (Å²) in [6, 6.07) is 13.1. The second kappa shape index (κ2) is 5.45. The van der Waals surface area contributed by atoms with E-state index in [0.29, 0.717) is 13.0 Å². The number of carbonyl (C=O) groups excluding carboxylic acids is 3. The Labute approximate surface area is 160 Å². The Morgan fingerprint density at radius 1 is 1.14 bits per heavy atom. The van der Waals surface area contributed by atoms with Gasteiger partial charge in [-0.1, -0.05) is 30.3 Å². The lowest BCUT2D eigenvalue weighted by molar-refractivity contribution is -0.255. The van der Waals surface area contributed by atoms with E-state index in [1.807, 2.05) is 24.3 Å². The Kier molecular flexibility index (Phi) is 3.22. The molecule has 0 saturated carbocycles. The summed E-state index contributed by atoms with van der Waals surface area (Å²) in [5.41, 5.74) is 1.66. The van der Waals surface area contributed by atoms with Crippen LogP contribution in [0.4, 0.5) is 10.5 Å². The van der Waals surface area contributed by atoms with Crippen LogP contribution in [-0.2, 0) is 16.8 Å². The van der Waals surface area contributed by atoms with E-state index in [-0.39, 0.29) is 11.3 Å². The molecule has 140 valence electrons. The molecule has 1 atom stereocenters. The van der Waals surface area contributed by atoms with E-state index in [4.69, 9.17) is 0 Å².